The van der Waals surface area contributed by atoms with Gasteiger partial charge >= 0.3 is 6.18 Å². The second kappa shape index (κ2) is 22.2. The molecule has 0 aromatic heterocycles. The van der Waals surface area contributed by atoms with Crippen LogP contribution in [0.15, 0.2) is 84.9 Å². The molecule has 2 saturated heterocycles. The zero-order valence-electron chi connectivity index (χ0n) is 37.3. The van der Waals surface area contributed by atoms with Crippen LogP contribution in [0.4, 0.5) is 30.2 Å². The fourth-order valence-electron chi connectivity index (χ4n) is 8.53. The molecule has 4 aromatic carbocycles. The van der Waals surface area contributed by atoms with Crippen LogP contribution in [0.2, 0.25) is 0 Å². The third-order valence-corrected chi connectivity index (χ3v) is 12.0. The van der Waals surface area contributed by atoms with Crippen LogP contribution in [0.25, 0.3) is 0 Å². The number of piperidine rings is 2. The summed E-state index contributed by atoms with van der Waals surface area (Å²) in [6, 6.07) is 21.7. The Morgan fingerprint density at radius 2 is 1.38 bits per heavy atom. The van der Waals surface area contributed by atoms with Crippen molar-refractivity contribution >= 4 is 46.6 Å². The molecule has 0 aliphatic carbocycles. The van der Waals surface area contributed by atoms with Crippen molar-refractivity contribution in [2.75, 3.05) is 76.2 Å². The first-order valence-corrected chi connectivity index (χ1v) is 22.7. The van der Waals surface area contributed by atoms with E-state index in [-0.39, 0.29) is 42.7 Å². The van der Waals surface area contributed by atoms with Gasteiger partial charge in [-0.15, -0.1) is 0 Å². The summed E-state index contributed by atoms with van der Waals surface area (Å²) < 4.78 is 68.7. The lowest BCUT2D eigenvalue weighted by molar-refractivity contribution is -0.138. The number of rotatable bonds is 21. The van der Waals surface area contributed by atoms with Gasteiger partial charge in [-0.1, -0.05) is 30.7 Å². The third kappa shape index (κ3) is 11.8. The van der Waals surface area contributed by atoms with Crippen LogP contribution >= 0.6 is 0 Å². The fourth-order valence-corrected chi connectivity index (χ4v) is 8.53. The Hall–Kier alpha value is -6.38. The Balaban J connectivity index is 0.722. The molecule has 360 valence electrons. The Kier molecular flexibility index (Phi) is 15.7. The molecule has 4 aliphatic heterocycles. The zero-order valence-corrected chi connectivity index (χ0v) is 37.3. The predicted octanol–water partition coefficient (Wildman–Crippen LogP) is 6.02. The summed E-state index contributed by atoms with van der Waals surface area (Å²) >= 11 is 0. The van der Waals surface area contributed by atoms with Gasteiger partial charge in [0.15, 0.2) is 6.29 Å². The number of likely N-dealkylation sites (tertiary alicyclic amines) is 1. The first-order valence-electron chi connectivity index (χ1n) is 22.7. The molecule has 0 saturated carbocycles. The summed E-state index contributed by atoms with van der Waals surface area (Å²) in [6.45, 7) is 5.73. The predicted molar refractivity (Wildman–Crippen MR) is 241 cm³/mol. The summed E-state index contributed by atoms with van der Waals surface area (Å²) in [4.78, 5) is 68.3. The van der Waals surface area contributed by atoms with Gasteiger partial charge in [-0.3, -0.25) is 39.1 Å². The molecule has 3 N–H and O–H groups in total. The van der Waals surface area contributed by atoms with Gasteiger partial charge in [0.25, 0.3) is 17.7 Å². The van der Waals surface area contributed by atoms with Crippen molar-refractivity contribution in [1.82, 2.24) is 20.4 Å². The first kappa shape index (κ1) is 48.1. The maximum Gasteiger partial charge on any atom is 0.416 e. The van der Waals surface area contributed by atoms with E-state index in [9.17, 15) is 37.1 Å². The van der Waals surface area contributed by atoms with Gasteiger partial charge in [0.1, 0.15) is 18.4 Å². The van der Waals surface area contributed by atoms with E-state index in [4.69, 9.17) is 23.7 Å². The van der Waals surface area contributed by atoms with Crippen LogP contribution in [-0.2, 0) is 47.9 Å². The summed E-state index contributed by atoms with van der Waals surface area (Å²) in [7, 11) is 0. The van der Waals surface area contributed by atoms with Gasteiger partial charge in [-0.05, 0) is 104 Å². The molecular weight excluding hydrogens is 890 g/mol. The molecule has 4 heterocycles. The Labute approximate surface area is 391 Å². The molecule has 0 spiro atoms. The van der Waals surface area contributed by atoms with Gasteiger partial charge in [0.2, 0.25) is 11.8 Å². The van der Waals surface area contributed by atoms with E-state index < -0.39 is 53.6 Å². The molecule has 0 bridgehead atoms. The Morgan fingerprint density at radius 1 is 0.706 bits per heavy atom. The van der Waals surface area contributed by atoms with E-state index in [0.717, 1.165) is 64.9 Å². The lowest BCUT2D eigenvalue weighted by atomic mass is 10.0. The number of anilines is 3. The van der Waals surface area contributed by atoms with E-state index >= 15 is 0 Å². The number of nitrogens with zero attached hydrogens (tertiary/aromatic N) is 3. The highest BCUT2D eigenvalue weighted by molar-refractivity contribution is 6.23. The summed E-state index contributed by atoms with van der Waals surface area (Å²) in [5.74, 6) is -2.58. The highest BCUT2D eigenvalue weighted by Crippen LogP contribution is 2.41. The van der Waals surface area contributed by atoms with Crippen molar-refractivity contribution in [3.63, 3.8) is 0 Å². The molecule has 5 amide bonds. The number of halogens is 3. The number of alkyl halides is 3. The minimum atomic E-state index is -4.58. The smallest absolute Gasteiger partial charge is 0.416 e. The number of benzene rings is 4. The van der Waals surface area contributed by atoms with Crippen LogP contribution < -0.4 is 25.6 Å². The van der Waals surface area contributed by atoms with Crippen LogP contribution in [0.3, 0.4) is 0 Å². The molecule has 2 unspecified atom stereocenters. The second-order valence-corrected chi connectivity index (χ2v) is 16.7. The molecule has 19 heteroatoms. The summed E-state index contributed by atoms with van der Waals surface area (Å²) in [5, 5.41) is 8.46. The van der Waals surface area contributed by atoms with Crippen LogP contribution in [0, 0.1) is 0 Å². The van der Waals surface area contributed by atoms with Gasteiger partial charge in [0.05, 0.1) is 80.9 Å². The van der Waals surface area contributed by atoms with Crippen LogP contribution in [0.5, 0.6) is 5.75 Å². The maximum absolute atomic E-state index is 13.5. The van der Waals surface area contributed by atoms with Gasteiger partial charge in [0, 0.05) is 24.2 Å². The minimum absolute atomic E-state index is 0.0425. The number of carbonyl (C=O) groups excluding carboxylic acids is 5. The average molecular weight is 943 g/mol. The SMILES string of the molecule is O=C1CCC(N2C(=O)c3ccc(OCCOCCOCCOCCOCc4ccc(N5c6ccc(CN7CCCCC7)cc6NC5NC(=O)c5cccc(C(F)(F)F)c5)cc4)cc3C2=O)C(=O)N1. The number of hydrogen-bond acceptors (Lipinski definition) is 13. The zero-order chi connectivity index (χ0) is 47.6. The number of carbonyl (C=O) groups is 5. The lowest BCUT2D eigenvalue weighted by Crippen LogP contribution is -2.54. The van der Waals surface area contributed by atoms with Crippen LogP contribution in [-0.4, -0.2) is 118 Å². The van der Waals surface area contributed by atoms with E-state index in [0.29, 0.717) is 52.0 Å². The van der Waals surface area contributed by atoms with Crippen molar-refractivity contribution in [2.45, 2.75) is 63.8 Å². The number of amides is 5. The summed E-state index contributed by atoms with van der Waals surface area (Å²) in [5.41, 5.74) is 3.73. The van der Waals surface area contributed by atoms with Gasteiger partial charge in [-0.25, -0.2) is 0 Å². The fraction of sp³-hybridized carbons (Fsp3) is 0.408. The van der Waals surface area contributed by atoms with Crippen molar-refractivity contribution < 1.29 is 60.8 Å². The van der Waals surface area contributed by atoms with Crippen LogP contribution in [0.1, 0.15) is 79.9 Å². The standard InChI is InChI=1S/C49H53F3N6O10/c50-49(51,52)35-6-4-5-34(28-35)44(60)55-48-53-40-27-33(30-56-17-2-1-3-18-56)9-14-41(40)57(48)36-10-7-32(8-11-36)31-67-24-23-65-20-19-64-21-22-66-25-26-68-37-12-13-38-39(29-37)47(63)58(46(38)62)42-15-16-43(59)54-45(42)61/h4-14,27-29,42,48,53H,1-3,15-26,30-31H2,(H,55,60)(H,54,59,61). The molecular formula is C49H53F3N6O10. The molecule has 68 heavy (non-hydrogen) atoms. The quantitative estimate of drug-likeness (QED) is 0.0654. The average Bonchev–Trinajstić information content (AvgIpc) is 3.80. The van der Waals surface area contributed by atoms with E-state index in [1.54, 1.807) is 6.07 Å². The van der Waals surface area contributed by atoms with E-state index in [2.05, 4.69) is 33.0 Å². The molecule has 16 nitrogen and oxygen atoms in total. The molecule has 8 rings (SSSR count). The Bertz CT molecular complexity index is 2470. The highest BCUT2D eigenvalue weighted by atomic mass is 19.4. The second-order valence-electron chi connectivity index (χ2n) is 16.7. The normalized spacial score (nSPS) is 18.3. The van der Waals surface area contributed by atoms with Crippen molar-refractivity contribution in [2.24, 2.45) is 0 Å². The Morgan fingerprint density at radius 3 is 2.09 bits per heavy atom. The lowest BCUT2D eigenvalue weighted by Gasteiger charge is -2.28. The number of hydrogen-bond donors (Lipinski definition) is 3. The molecule has 4 aromatic rings. The monoisotopic (exact) mass is 942 g/mol. The topological polar surface area (TPSA) is 177 Å². The number of fused-ring (bicyclic) bond motifs is 2. The van der Waals surface area contributed by atoms with Gasteiger partial charge < -0.3 is 39.2 Å². The molecule has 4 aliphatic rings. The summed E-state index contributed by atoms with van der Waals surface area (Å²) in [6.07, 6.45) is -1.66. The van der Waals surface area contributed by atoms with Crippen molar-refractivity contribution in [3.05, 3.63) is 118 Å². The number of imide groups is 2. The molecule has 2 atom stereocenters. The molecule has 0 radical (unpaired) electrons. The number of ether oxygens (including phenoxy) is 5. The third-order valence-electron chi connectivity index (χ3n) is 12.0. The van der Waals surface area contributed by atoms with Crippen molar-refractivity contribution in [1.29, 1.82) is 0 Å². The molecule has 2 fully saturated rings. The largest absolute Gasteiger partial charge is 0.491 e. The maximum atomic E-state index is 13.5. The minimum Gasteiger partial charge on any atom is -0.491 e. The van der Waals surface area contributed by atoms with Crippen molar-refractivity contribution in [3.8, 4) is 5.75 Å². The van der Waals surface area contributed by atoms with E-state index in [1.165, 1.54) is 43.5 Å². The van der Waals surface area contributed by atoms with Gasteiger partial charge in [-0.2, -0.15) is 13.2 Å². The number of nitrogens with one attached hydrogen (secondary N) is 3. The first-order chi connectivity index (χ1) is 32.9. The van der Waals surface area contributed by atoms with E-state index in [1.807, 2.05) is 35.2 Å². The highest BCUT2D eigenvalue weighted by Gasteiger charge is 2.45.